The summed E-state index contributed by atoms with van der Waals surface area (Å²) in [7, 11) is 0. The fraction of sp³-hybridized carbons (Fsp3) is 0.591. The van der Waals surface area contributed by atoms with E-state index in [9.17, 15) is 14.4 Å². The average molecular weight is 433 g/mol. The van der Waals surface area contributed by atoms with Crippen molar-refractivity contribution in [1.82, 2.24) is 15.5 Å². The lowest BCUT2D eigenvalue weighted by molar-refractivity contribution is -0.139. The maximum absolute atomic E-state index is 12.8. The molecule has 2 heterocycles. The highest BCUT2D eigenvalue weighted by molar-refractivity contribution is 5.95. The van der Waals surface area contributed by atoms with E-state index in [2.05, 4.69) is 10.6 Å². The lowest BCUT2D eigenvalue weighted by Crippen LogP contribution is -2.49. The van der Waals surface area contributed by atoms with E-state index in [1.807, 2.05) is 4.90 Å². The minimum Gasteiger partial charge on any atom is -0.467 e. The van der Waals surface area contributed by atoms with Crippen molar-refractivity contribution in [3.63, 3.8) is 0 Å². The molecule has 170 valence electrons. The first-order valence-corrected chi connectivity index (χ1v) is 11.0. The summed E-state index contributed by atoms with van der Waals surface area (Å²) in [4.78, 5) is 38.7. The van der Waals surface area contributed by atoms with Gasteiger partial charge in [-0.25, -0.2) is 9.59 Å². The molecule has 0 saturated heterocycles. The number of nitrogens with zero attached hydrogens (tertiary/aromatic N) is 1. The van der Waals surface area contributed by atoms with Crippen LogP contribution in [0.4, 0.5) is 4.79 Å². The molecule has 1 aromatic heterocycles. The smallest absolute Gasteiger partial charge is 0.338 e. The Labute approximate surface area is 182 Å². The van der Waals surface area contributed by atoms with E-state index in [0.29, 0.717) is 23.9 Å². The Hall–Kier alpha value is -2.81. The van der Waals surface area contributed by atoms with Crippen LogP contribution in [0.25, 0.3) is 0 Å². The number of hydrogen-bond donors (Lipinski definition) is 3. The molecular weight excluding hydrogens is 400 g/mol. The Morgan fingerprint density at radius 2 is 2.06 bits per heavy atom. The summed E-state index contributed by atoms with van der Waals surface area (Å²) in [5.74, 6) is 0.0580. The van der Waals surface area contributed by atoms with E-state index in [1.165, 1.54) is 38.4 Å². The minimum absolute atomic E-state index is 0.0427. The molecule has 2 aliphatic rings. The number of furan rings is 1. The van der Waals surface area contributed by atoms with Crippen LogP contribution in [0.3, 0.4) is 0 Å². The molecule has 1 unspecified atom stereocenters. The molecule has 3 amide bonds. The van der Waals surface area contributed by atoms with Gasteiger partial charge in [0.05, 0.1) is 25.0 Å². The first-order valence-electron chi connectivity index (χ1n) is 11.0. The van der Waals surface area contributed by atoms with Crippen LogP contribution >= 0.6 is 0 Å². The van der Waals surface area contributed by atoms with Gasteiger partial charge in [0.25, 0.3) is 0 Å². The first kappa shape index (κ1) is 22.9. The van der Waals surface area contributed by atoms with Crippen LogP contribution in [0, 0.1) is 5.92 Å². The zero-order valence-corrected chi connectivity index (χ0v) is 18.0. The largest absolute Gasteiger partial charge is 0.467 e. The molecule has 1 aromatic rings. The number of esters is 1. The third-order valence-electron chi connectivity index (χ3n) is 5.82. The lowest BCUT2D eigenvalue weighted by Gasteiger charge is -2.31. The van der Waals surface area contributed by atoms with Crippen molar-refractivity contribution in [2.45, 2.75) is 51.5 Å². The molecule has 4 N–H and O–H groups in total. The van der Waals surface area contributed by atoms with Gasteiger partial charge in [-0.3, -0.25) is 9.69 Å². The molecule has 1 fully saturated rings. The van der Waals surface area contributed by atoms with Crippen LogP contribution in [-0.2, 0) is 14.3 Å². The molecule has 1 aliphatic carbocycles. The summed E-state index contributed by atoms with van der Waals surface area (Å²) in [5, 5.41) is 5.46. The topological polar surface area (TPSA) is 127 Å². The van der Waals surface area contributed by atoms with Crippen LogP contribution in [-0.4, -0.2) is 49.0 Å². The fourth-order valence-electron chi connectivity index (χ4n) is 4.36. The first-order chi connectivity index (χ1) is 15.0. The quantitative estimate of drug-likeness (QED) is 0.487. The van der Waals surface area contributed by atoms with Gasteiger partial charge in [-0.15, -0.1) is 0 Å². The van der Waals surface area contributed by atoms with E-state index in [4.69, 9.17) is 14.9 Å². The van der Waals surface area contributed by atoms with Gasteiger partial charge >= 0.3 is 12.0 Å². The second kappa shape index (κ2) is 11.0. The van der Waals surface area contributed by atoms with Gasteiger partial charge in [0, 0.05) is 12.2 Å². The molecular formula is C22H32N4O5. The number of urea groups is 1. The maximum atomic E-state index is 12.8. The monoisotopic (exact) mass is 432 g/mol. The molecule has 3 rings (SSSR count). The third kappa shape index (κ3) is 6.33. The molecule has 1 atom stereocenters. The number of nitrogens with one attached hydrogen (secondary N) is 2. The van der Waals surface area contributed by atoms with E-state index in [1.54, 1.807) is 19.1 Å². The molecule has 0 radical (unpaired) electrons. The minimum atomic E-state index is -0.772. The number of nitrogens with two attached hydrogens (primary N) is 1. The normalized spacial score (nSPS) is 19.8. The predicted octanol–water partition coefficient (Wildman–Crippen LogP) is 2.21. The van der Waals surface area contributed by atoms with E-state index in [-0.39, 0.29) is 25.3 Å². The van der Waals surface area contributed by atoms with Gasteiger partial charge in [0.15, 0.2) is 0 Å². The van der Waals surface area contributed by atoms with Crippen LogP contribution in [0.15, 0.2) is 34.1 Å². The Kier molecular flexibility index (Phi) is 8.11. The van der Waals surface area contributed by atoms with Crippen molar-refractivity contribution in [2.75, 3.05) is 26.2 Å². The van der Waals surface area contributed by atoms with Crippen LogP contribution in [0.1, 0.15) is 57.3 Å². The zero-order chi connectivity index (χ0) is 22.2. The number of rotatable bonds is 10. The summed E-state index contributed by atoms with van der Waals surface area (Å²) in [6, 6.07) is 2.16. The molecule has 1 aliphatic heterocycles. The SMILES string of the molecule is CCOC(=O)C1=C(CN(CCC2CCCCC2)CC(N)=O)NC(=O)NC1c1ccco1. The van der Waals surface area contributed by atoms with Gasteiger partial charge in [0.2, 0.25) is 5.91 Å². The van der Waals surface area contributed by atoms with Crippen molar-refractivity contribution in [3.05, 3.63) is 35.4 Å². The van der Waals surface area contributed by atoms with Crippen molar-refractivity contribution in [1.29, 1.82) is 0 Å². The maximum Gasteiger partial charge on any atom is 0.338 e. The summed E-state index contributed by atoms with van der Waals surface area (Å²) in [6.07, 6.45) is 8.59. The summed E-state index contributed by atoms with van der Waals surface area (Å²) >= 11 is 0. The summed E-state index contributed by atoms with van der Waals surface area (Å²) < 4.78 is 10.7. The zero-order valence-electron chi connectivity index (χ0n) is 18.0. The van der Waals surface area contributed by atoms with Crippen molar-refractivity contribution in [2.24, 2.45) is 11.7 Å². The highest BCUT2D eigenvalue weighted by Gasteiger charge is 2.36. The second-order valence-electron chi connectivity index (χ2n) is 8.13. The van der Waals surface area contributed by atoms with Gasteiger partial charge in [-0.05, 0) is 37.9 Å². The number of carbonyl (C=O) groups excluding carboxylic acids is 3. The highest BCUT2D eigenvalue weighted by atomic mass is 16.5. The van der Waals surface area contributed by atoms with Crippen LogP contribution < -0.4 is 16.4 Å². The van der Waals surface area contributed by atoms with Crippen molar-refractivity contribution in [3.8, 4) is 0 Å². The second-order valence-corrected chi connectivity index (χ2v) is 8.13. The number of amides is 3. The lowest BCUT2D eigenvalue weighted by atomic mass is 9.87. The Morgan fingerprint density at radius 3 is 2.71 bits per heavy atom. The van der Waals surface area contributed by atoms with Crippen molar-refractivity contribution < 1.29 is 23.5 Å². The number of carbonyl (C=O) groups is 3. The van der Waals surface area contributed by atoms with E-state index in [0.717, 1.165) is 6.42 Å². The average Bonchev–Trinajstić information content (AvgIpc) is 3.27. The van der Waals surface area contributed by atoms with E-state index < -0.39 is 23.9 Å². The molecule has 1 saturated carbocycles. The summed E-state index contributed by atoms with van der Waals surface area (Å²) in [6.45, 7) is 2.82. The van der Waals surface area contributed by atoms with Crippen molar-refractivity contribution >= 4 is 17.9 Å². The Balaban J connectivity index is 1.84. The molecule has 0 spiro atoms. The summed E-state index contributed by atoms with van der Waals surface area (Å²) in [5.41, 5.74) is 6.14. The van der Waals surface area contributed by atoms with Crippen LogP contribution in [0.5, 0.6) is 0 Å². The number of hydrogen-bond acceptors (Lipinski definition) is 6. The van der Waals surface area contributed by atoms with Gasteiger partial charge in [0.1, 0.15) is 11.8 Å². The molecule has 9 heteroatoms. The molecule has 31 heavy (non-hydrogen) atoms. The molecule has 0 aromatic carbocycles. The Bertz CT molecular complexity index is 799. The molecule has 9 nitrogen and oxygen atoms in total. The fourth-order valence-corrected chi connectivity index (χ4v) is 4.36. The highest BCUT2D eigenvalue weighted by Crippen LogP contribution is 2.29. The van der Waals surface area contributed by atoms with Gasteiger partial charge in [-0.1, -0.05) is 32.1 Å². The standard InChI is InChI=1S/C22H32N4O5/c1-2-30-21(28)19-16(24-22(29)25-20(19)17-9-6-12-31-17)13-26(14-18(23)27)11-10-15-7-4-3-5-8-15/h6,9,12,15,20H,2-5,7-8,10-11,13-14H2,1H3,(H2,23,27)(H2,24,25,29). The third-order valence-corrected chi connectivity index (χ3v) is 5.82. The van der Waals surface area contributed by atoms with Crippen LogP contribution in [0.2, 0.25) is 0 Å². The molecule has 0 bridgehead atoms. The van der Waals surface area contributed by atoms with Gasteiger partial charge < -0.3 is 25.5 Å². The number of primary amides is 1. The predicted molar refractivity (Wildman–Crippen MR) is 114 cm³/mol. The Morgan fingerprint density at radius 1 is 1.29 bits per heavy atom. The van der Waals surface area contributed by atoms with Gasteiger partial charge in [-0.2, -0.15) is 0 Å². The van der Waals surface area contributed by atoms with E-state index >= 15 is 0 Å². The number of ether oxygens (including phenoxy) is 1.